The summed E-state index contributed by atoms with van der Waals surface area (Å²) in [4.78, 5) is 1.05. The third kappa shape index (κ3) is 2.63. The Bertz CT molecular complexity index is 486. The highest BCUT2D eigenvalue weighted by atomic mass is 32.2. The van der Waals surface area contributed by atoms with Crippen LogP contribution < -0.4 is 5.32 Å². The maximum absolute atomic E-state index is 12.8. The summed E-state index contributed by atoms with van der Waals surface area (Å²) in [5, 5.41) is 3.81. The summed E-state index contributed by atoms with van der Waals surface area (Å²) in [5.41, 5.74) is 2.90. The van der Waals surface area contributed by atoms with E-state index in [0.717, 1.165) is 17.9 Å². The minimum Gasteiger partial charge on any atom is -0.313 e. The van der Waals surface area contributed by atoms with Crippen LogP contribution >= 0.6 is 0 Å². The van der Waals surface area contributed by atoms with Crippen LogP contribution in [0.25, 0.3) is 0 Å². The zero-order chi connectivity index (χ0) is 13.2. The Kier molecular flexibility index (Phi) is 4.04. The first-order valence-electron chi connectivity index (χ1n) is 7.55. The molecule has 0 radical (unpaired) electrons. The van der Waals surface area contributed by atoms with Crippen molar-refractivity contribution >= 4 is 10.8 Å². The van der Waals surface area contributed by atoms with Crippen LogP contribution in [0, 0.1) is 0 Å². The van der Waals surface area contributed by atoms with Gasteiger partial charge in [0, 0.05) is 10.9 Å². The third-order valence-corrected chi connectivity index (χ3v) is 6.33. The van der Waals surface area contributed by atoms with E-state index < -0.39 is 10.8 Å². The summed E-state index contributed by atoms with van der Waals surface area (Å²) < 4.78 is 12.8. The first-order chi connectivity index (χ1) is 9.29. The Labute approximate surface area is 118 Å². The number of aryl methyl sites for hydroxylation is 2. The van der Waals surface area contributed by atoms with Gasteiger partial charge >= 0.3 is 0 Å². The van der Waals surface area contributed by atoms with Crippen molar-refractivity contribution in [3.05, 3.63) is 29.3 Å². The second kappa shape index (κ2) is 5.76. The fraction of sp³-hybridized carbons (Fsp3) is 0.625. The molecule has 1 aromatic carbocycles. The van der Waals surface area contributed by atoms with Gasteiger partial charge in [-0.1, -0.05) is 19.4 Å². The fourth-order valence-corrected chi connectivity index (χ4v) is 5.25. The maximum atomic E-state index is 12.8. The lowest BCUT2D eigenvalue weighted by atomic mass is 10.1. The van der Waals surface area contributed by atoms with Crippen molar-refractivity contribution in [1.82, 2.24) is 5.32 Å². The summed E-state index contributed by atoms with van der Waals surface area (Å²) in [6.45, 7) is 3.11. The molecule has 1 fully saturated rings. The van der Waals surface area contributed by atoms with Gasteiger partial charge in [-0.25, -0.2) is 0 Å². The van der Waals surface area contributed by atoms with Gasteiger partial charge in [0.25, 0.3) is 0 Å². The zero-order valence-corrected chi connectivity index (χ0v) is 12.5. The first kappa shape index (κ1) is 13.3. The highest BCUT2D eigenvalue weighted by Gasteiger charge is 2.32. The molecule has 1 N–H and O–H groups in total. The van der Waals surface area contributed by atoms with Gasteiger partial charge < -0.3 is 5.32 Å². The monoisotopic (exact) mass is 277 g/mol. The van der Waals surface area contributed by atoms with Crippen molar-refractivity contribution < 1.29 is 4.21 Å². The highest BCUT2D eigenvalue weighted by molar-refractivity contribution is 7.85. The molecule has 0 bridgehead atoms. The summed E-state index contributed by atoms with van der Waals surface area (Å²) >= 11 is 0. The van der Waals surface area contributed by atoms with E-state index in [-0.39, 0.29) is 0 Å². The number of fused-ring (bicyclic) bond motifs is 1. The third-order valence-electron chi connectivity index (χ3n) is 4.50. The molecule has 0 aromatic heterocycles. The lowest BCUT2D eigenvalue weighted by molar-refractivity contribution is 0.541. The van der Waals surface area contributed by atoms with Crippen molar-refractivity contribution in [2.45, 2.75) is 61.6 Å². The number of nitrogens with one attached hydrogen (secondary N) is 1. The molecule has 0 heterocycles. The van der Waals surface area contributed by atoms with Gasteiger partial charge in [-0.3, -0.25) is 4.21 Å². The summed E-state index contributed by atoms with van der Waals surface area (Å²) in [6, 6.07) is 6.95. The predicted octanol–water partition coefficient (Wildman–Crippen LogP) is 2.81. The van der Waals surface area contributed by atoms with E-state index >= 15 is 0 Å². The maximum Gasteiger partial charge on any atom is 0.0576 e. The van der Waals surface area contributed by atoms with Crippen molar-refractivity contribution in [3.8, 4) is 0 Å². The molecule has 0 saturated heterocycles. The van der Waals surface area contributed by atoms with Gasteiger partial charge in [0.2, 0.25) is 0 Å². The summed E-state index contributed by atoms with van der Waals surface area (Å²) in [7, 11) is -0.845. The van der Waals surface area contributed by atoms with E-state index in [1.807, 2.05) is 0 Å². The SMILES string of the molecule is CCNC1CCCC1S(=O)c1ccc2c(c1)CCC2. The van der Waals surface area contributed by atoms with Crippen LogP contribution in [-0.2, 0) is 23.6 Å². The number of benzene rings is 1. The van der Waals surface area contributed by atoms with Crippen LogP contribution in [-0.4, -0.2) is 22.0 Å². The summed E-state index contributed by atoms with van der Waals surface area (Å²) in [6.07, 6.45) is 7.11. The Balaban J connectivity index is 1.79. The van der Waals surface area contributed by atoms with Crippen LogP contribution in [0.15, 0.2) is 23.1 Å². The molecule has 3 heteroatoms. The van der Waals surface area contributed by atoms with Gasteiger partial charge in [-0.05, 0) is 61.9 Å². The van der Waals surface area contributed by atoms with E-state index in [4.69, 9.17) is 0 Å². The minimum absolute atomic E-state index is 0.305. The van der Waals surface area contributed by atoms with Crippen molar-refractivity contribution in [2.75, 3.05) is 6.54 Å². The van der Waals surface area contributed by atoms with Crippen molar-refractivity contribution in [1.29, 1.82) is 0 Å². The summed E-state index contributed by atoms with van der Waals surface area (Å²) in [5.74, 6) is 0. The Morgan fingerprint density at radius 1 is 1.21 bits per heavy atom. The van der Waals surface area contributed by atoms with E-state index in [1.54, 1.807) is 0 Å². The first-order valence-corrected chi connectivity index (χ1v) is 8.76. The lowest BCUT2D eigenvalue weighted by Gasteiger charge is -2.20. The van der Waals surface area contributed by atoms with Gasteiger partial charge in [-0.2, -0.15) is 0 Å². The van der Waals surface area contributed by atoms with Crippen LogP contribution in [0.5, 0.6) is 0 Å². The average Bonchev–Trinajstić information content (AvgIpc) is 3.05. The fourth-order valence-electron chi connectivity index (χ4n) is 3.53. The van der Waals surface area contributed by atoms with E-state index in [0.29, 0.717) is 11.3 Å². The molecule has 3 atom stereocenters. The van der Waals surface area contributed by atoms with Crippen LogP contribution in [0.4, 0.5) is 0 Å². The molecule has 0 aliphatic heterocycles. The Morgan fingerprint density at radius 3 is 2.89 bits per heavy atom. The smallest absolute Gasteiger partial charge is 0.0576 e. The van der Waals surface area contributed by atoms with Crippen LogP contribution in [0.2, 0.25) is 0 Å². The molecule has 1 saturated carbocycles. The van der Waals surface area contributed by atoms with Crippen LogP contribution in [0.3, 0.4) is 0 Å². The van der Waals surface area contributed by atoms with E-state index in [9.17, 15) is 4.21 Å². The molecule has 2 nitrogen and oxygen atoms in total. The molecule has 2 aliphatic carbocycles. The number of rotatable bonds is 4. The lowest BCUT2D eigenvalue weighted by Crippen LogP contribution is -2.38. The standard InChI is InChI=1S/C16H23NOS/c1-2-17-15-7-4-8-16(15)19(18)14-10-9-12-5-3-6-13(12)11-14/h9-11,15-17H,2-8H2,1H3. The van der Waals surface area contributed by atoms with Crippen molar-refractivity contribution in [2.24, 2.45) is 0 Å². The normalized spacial score (nSPS) is 27.4. The molecule has 0 amide bonds. The largest absolute Gasteiger partial charge is 0.313 e. The van der Waals surface area contributed by atoms with Crippen molar-refractivity contribution in [3.63, 3.8) is 0 Å². The van der Waals surface area contributed by atoms with Gasteiger partial charge in [-0.15, -0.1) is 0 Å². The van der Waals surface area contributed by atoms with Crippen LogP contribution in [0.1, 0.15) is 43.7 Å². The molecule has 2 aliphatic rings. The van der Waals surface area contributed by atoms with Gasteiger partial charge in [0.15, 0.2) is 0 Å². The molecule has 3 rings (SSSR count). The van der Waals surface area contributed by atoms with E-state index in [2.05, 4.69) is 30.4 Å². The number of hydrogen-bond donors (Lipinski definition) is 1. The highest BCUT2D eigenvalue weighted by Crippen LogP contribution is 2.30. The molecule has 0 spiro atoms. The predicted molar refractivity (Wildman–Crippen MR) is 80.0 cm³/mol. The molecule has 104 valence electrons. The minimum atomic E-state index is -0.845. The second-order valence-corrected chi connectivity index (χ2v) is 7.39. The average molecular weight is 277 g/mol. The molecular weight excluding hydrogens is 254 g/mol. The zero-order valence-electron chi connectivity index (χ0n) is 11.7. The topological polar surface area (TPSA) is 29.1 Å². The Hall–Kier alpha value is -0.670. The quantitative estimate of drug-likeness (QED) is 0.917. The van der Waals surface area contributed by atoms with Gasteiger partial charge in [0.1, 0.15) is 0 Å². The molecular formula is C16H23NOS. The Morgan fingerprint density at radius 2 is 2.05 bits per heavy atom. The molecule has 19 heavy (non-hydrogen) atoms. The molecule has 1 aromatic rings. The molecule has 3 unspecified atom stereocenters. The van der Waals surface area contributed by atoms with E-state index in [1.165, 1.54) is 43.2 Å². The number of hydrogen-bond acceptors (Lipinski definition) is 2. The second-order valence-electron chi connectivity index (χ2n) is 5.72. The van der Waals surface area contributed by atoms with Gasteiger partial charge in [0.05, 0.1) is 16.0 Å².